The number of aliphatic hydroxyl groups is 2. The molecule has 3 aromatic rings. The molecule has 0 aliphatic heterocycles. The third-order valence-electron chi connectivity index (χ3n) is 13.3. The minimum atomic E-state index is -1.73. The Morgan fingerprint density at radius 1 is 0.523 bits per heavy atom. The van der Waals surface area contributed by atoms with Crippen LogP contribution in [0.4, 0.5) is 0 Å². The molecule has 0 spiro atoms. The molecular weight excluding hydrogens is 1170 g/mol. The van der Waals surface area contributed by atoms with Crippen LogP contribution in [-0.4, -0.2) is 187 Å². The van der Waals surface area contributed by atoms with Gasteiger partial charge in [0.1, 0.15) is 54.4 Å². The fourth-order valence-electron chi connectivity index (χ4n) is 8.71. The summed E-state index contributed by atoms with van der Waals surface area (Å²) in [7, 11) is 0. The first-order chi connectivity index (χ1) is 41.9. The molecule has 0 fully saturated rings. The van der Waals surface area contributed by atoms with Crippen molar-refractivity contribution in [2.24, 2.45) is 40.3 Å². The fourth-order valence-corrected chi connectivity index (χ4v) is 8.90. The van der Waals surface area contributed by atoms with Crippen LogP contribution in [0.2, 0.25) is 5.02 Å². The van der Waals surface area contributed by atoms with Gasteiger partial charge < -0.3 is 97.8 Å². The highest BCUT2D eigenvalue weighted by atomic mass is 35.5. The second-order valence-electron chi connectivity index (χ2n) is 21.1. The molecule has 0 saturated heterocycles. The summed E-state index contributed by atoms with van der Waals surface area (Å²) in [4.78, 5) is 154. The van der Waals surface area contributed by atoms with Crippen molar-refractivity contribution < 1.29 is 63.0 Å². The maximum atomic E-state index is 14.4. The number of rotatable bonds is 39. The van der Waals surface area contributed by atoms with Gasteiger partial charge in [-0.25, -0.2) is 0 Å². The summed E-state index contributed by atoms with van der Waals surface area (Å²) in [5.74, 6) is -9.89. The van der Waals surface area contributed by atoms with Crippen molar-refractivity contribution in [1.29, 1.82) is 0 Å². The highest BCUT2D eigenvalue weighted by Crippen LogP contribution is 2.22. The van der Waals surface area contributed by atoms with E-state index < -0.39 is 139 Å². The Labute approximate surface area is 515 Å². The van der Waals surface area contributed by atoms with Crippen LogP contribution in [0, 0.1) is 5.92 Å². The number of aromatic nitrogens is 1. The predicted molar refractivity (Wildman–Crippen MR) is 325 cm³/mol. The standard InChI is InChI=1S/C57H86ClN17O13/c1-31(2)24-43(54(85)70-39(14-20-61)50(81)67-37(12-18-59)48(64)79)72-55(86)44(26-33-8-5-4-6-9-33)73-51(82)40(15-21-62)69-53(84)41(17-23-66-47(78)25-32(3)77)71-56(87)45(29-63)74-57(88)46(30-76)75-52(83)38(13-19-60)68-49(80)35-16-22-65-42(28-35)34-10-7-11-36(58)27-34/h4-11,16,22,27-28,31-32,37-41,43-46,76-77H,12-15,17-21,23-26,29-30,59-63H2,1-3H3,(H2,64,79)(H,66,78)(H,67,81)(H,68,80)(H,69,84)(H,70,85)(H,71,87)(H,72,86)(H,73,82)(H,74,88)(H,75,83). The molecule has 1 heterocycles. The molecule has 0 aliphatic carbocycles. The predicted octanol–water partition coefficient (Wildman–Crippen LogP) is -5.22. The first-order valence-electron chi connectivity index (χ1n) is 28.7. The van der Waals surface area contributed by atoms with Gasteiger partial charge in [-0.05, 0) is 107 Å². The molecule has 484 valence electrons. The van der Waals surface area contributed by atoms with E-state index in [0.29, 0.717) is 21.8 Å². The molecule has 3 rings (SSSR count). The third-order valence-corrected chi connectivity index (χ3v) is 13.6. The Kier molecular flexibility index (Phi) is 32.7. The van der Waals surface area contributed by atoms with Crippen molar-refractivity contribution in [3.8, 4) is 11.3 Å². The molecule has 88 heavy (non-hydrogen) atoms. The van der Waals surface area contributed by atoms with Crippen molar-refractivity contribution in [3.63, 3.8) is 0 Å². The zero-order chi connectivity index (χ0) is 65.5. The number of pyridine rings is 1. The van der Waals surface area contributed by atoms with E-state index in [-0.39, 0.29) is 95.6 Å². The van der Waals surface area contributed by atoms with Crippen molar-refractivity contribution in [2.45, 2.75) is 133 Å². The lowest BCUT2D eigenvalue weighted by Crippen LogP contribution is -2.62. The molecule has 0 saturated carbocycles. The van der Waals surface area contributed by atoms with Crippen LogP contribution in [0.15, 0.2) is 72.9 Å². The van der Waals surface area contributed by atoms with Gasteiger partial charge in [-0.15, -0.1) is 0 Å². The van der Waals surface area contributed by atoms with E-state index >= 15 is 0 Å². The number of carbonyl (C=O) groups is 11. The Hall–Kier alpha value is -8.23. The van der Waals surface area contributed by atoms with E-state index in [1.165, 1.54) is 25.3 Å². The summed E-state index contributed by atoms with van der Waals surface area (Å²) < 4.78 is 0. The Bertz CT molecular complexity index is 2820. The number of benzene rings is 2. The van der Waals surface area contributed by atoms with Crippen LogP contribution in [0.25, 0.3) is 11.3 Å². The van der Waals surface area contributed by atoms with E-state index in [4.69, 9.17) is 46.0 Å². The first-order valence-corrected chi connectivity index (χ1v) is 29.1. The molecule has 0 radical (unpaired) electrons. The summed E-state index contributed by atoms with van der Waals surface area (Å²) in [5, 5.41) is 45.7. The molecule has 30 nitrogen and oxygen atoms in total. The lowest BCUT2D eigenvalue weighted by molar-refractivity contribution is -0.136. The van der Waals surface area contributed by atoms with Crippen LogP contribution in [-0.2, 0) is 54.4 Å². The Morgan fingerprint density at radius 3 is 1.49 bits per heavy atom. The molecule has 24 N–H and O–H groups in total. The molecule has 11 amide bonds. The molecule has 31 heteroatoms. The summed E-state index contributed by atoms with van der Waals surface area (Å²) in [5.41, 5.74) is 36.2. The minimum Gasteiger partial charge on any atom is -0.394 e. The van der Waals surface area contributed by atoms with Crippen molar-refractivity contribution in [2.75, 3.05) is 45.9 Å². The minimum absolute atomic E-state index is 0.0163. The van der Waals surface area contributed by atoms with E-state index in [9.17, 15) is 63.0 Å². The number of hydrogen-bond donors (Lipinski definition) is 18. The second-order valence-corrected chi connectivity index (χ2v) is 21.5. The molecule has 0 aliphatic rings. The monoisotopic (exact) mass is 1250 g/mol. The number of nitrogens with zero attached hydrogens (tertiary/aromatic N) is 1. The highest BCUT2D eigenvalue weighted by molar-refractivity contribution is 6.30. The smallest absolute Gasteiger partial charge is 0.252 e. The average molecular weight is 1250 g/mol. The number of nitrogens with one attached hydrogen (secondary N) is 10. The van der Waals surface area contributed by atoms with Crippen molar-refractivity contribution >= 4 is 76.6 Å². The Morgan fingerprint density at radius 2 is 0.977 bits per heavy atom. The zero-order valence-corrected chi connectivity index (χ0v) is 50.3. The number of carbonyl (C=O) groups excluding carboxylic acids is 11. The van der Waals surface area contributed by atoms with Crippen LogP contribution in [0.1, 0.15) is 81.6 Å². The van der Waals surface area contributed by atoms with Gasteiger partial charge in [-0.1, -0.05) is 67.9 Å². The third kappa shape index (κ3) is 25.6. The zero-order valence-electron chi connectivity index (χ0n) is 49.6. The van der Waals surface area contributed by atoms with Gasteiger partial charge in [0.15, 0.2) is 0 Å². The van der Waals surface area contributed by atoms with Gasteiger partial charge in [0, 0.05) is 41.9 Å². The van der Waals surface area contributed by atoms with Crippen LogP contribution in [0.3, 0.4) is 0 Å². The van der Waals surface area contributed by atoms with Crippen LogP contribution >= 0.6 is 11.6 Å². The molecule has 10 unspecified atom stereocenters. The second kappa shape index (κ2) is 38.8. The number of amides is 11. The summed E-state index contributed by atoms with van der Waals surface area (Å²) in [6.07, 6.45) is -0.833. The van der Waals surface area contributed by atoms with E-state index in [2.05, 4.69) is 58.2 Å². The number of aliphatic hydroxyl groups excluding tert-OH is 2. The number of hydrogen-bond acceptors (Lipinski definition) is 19. The average Bonchev–Trinajstić information content (AvgIpc) is 3.68. The summed E-state index contributed by atoms with van der Waals surface area (Å²) >= 11 is 6.14. The number of halogens is 1. The maximum Gasteiger partial charge on any atom is 0.252 e. The van der Waals surface area contributed by atoms with Gasteiger partial charge in [0.2, 0.25) is 59.1 Å². The van der Waals surface area contributed by atoms with Gasteiger partial charge in [0.25, 0.3) is 5.91 Å². The largest absolute Gasteiger partial charge is 0.394 e. The lowest BCUT2D eigenvalue weighted by atomic mass is 10.00. The lowest BCUT2D eigenvalue weighted by Gasteiger charge is -2.28. The van der Waals surface area contributed by atoms with Crippen LogP contribution in [0.5, 0.6) is 0 Å². The van der Waals surface area contributed by atoms with Crippen molar-refractivity contribution in [3.05, 3.63) is 89.1 Å². The SMILES string of the molecule is CC(C)CC(NC(=O)C(Cc1ccccc1)NC(=O)C(CCN)NC(=O)C(CCNC(=O)CC(C)O)NC(=O)C(CN)NC(=O)C(CO)NC(=O)C(CCN)NC(=O)c1ccnc(-c2cccc(Cl)c2)c1)C(=O)NC(CCN)C(=O)NC(CCN)C(N)=O. The van der Waals surface area contributed by atoms with E-state index in [0.717, 1.165) is 0 Å². The molecule has 0 bridgehead atoms. The summed E-state index contributed by atoms with van der Waals surface area (Å²) in [6, 6.07) is 5.13. The molecule has 2 aromatic carbocycles. The summed E-state index contributed by atoms with van der Waals surface area (Å²) in [6.45, 7) is 2.66. The Balaban J connectivity index is 1.86. The maximum absolute atomic E-state index is 14.4. The van der Waals surface area contributed by atoms with Crippen molar-refractivity contribution in [1.82, 2.24) is 58.2 Å². The highest BCUT2D eigenvalue weighted by Gasteiger charge is 2.35. The van der Waals surface area contributed by atoms with Gasteiger partial charge >= 0.3 is 0 Å². The van der Waals surface area contributed by atoms with Gasteiger partial charge in [-0.3, -0.25) is 57.7 Å². The normalized spacial score (nSPS) is 14.5. The quantitative estimate of drug-likeness (QED) is 0.0254. The molecule has 10 atom stereocenters. The first kappa shape index (κ1) is 74.0. The van der Waals surface area contributed by atoms with E-state index in [1.54, 1.807) is 68.4 Å². The topological polar surface area (TPSA) is 518 Å². The van der Waals surface area contributed by atoms with Gasteiger partial charge in [-0.2, -0.15) is 0 Å². The number of primary amides is 1. The van der Waals surface area contributed by atoms with E-state index in [1.807, 2.05) is 0 Å². The van der Waals surface area contributed by atoms with Gasteiger partial charge in [0.05, 0.1) is 24.8 Å². The van der Waals surface area contributed by atoms with Crippen LogP contribution < -0.4 is 87.6 Å². The molecule has 1 aromatic heterocycles. The fraction of sp³-hybridized carbons (Fsp3) is 0.509. The molecular formula is C57H86ClN17O13. The number of nitrogens with two attached hydrogens (primary N) is 6.